The van der Waals surface area contributed by atoms with Crippen LogP contribution < -0.4 is 5.32 Å². The highest BCUT2D eigenvalue weighted by Gasteiger charge is 2.30. The largest absolute Gasteiger partial charge is 0.469 e. The number of hydrogen-bond acceptors (Lipinski definition) is 3. The minimum absolute atomic E-state index is 0.0716. The van der Waals surface area contributed by atoms with E-state index in [0.717, 1.165) is 19.4 Å². The minimum atomic E-state index is -0.0988. The first-order valence-corrected chi connectivity index (χ1v) is 6.66. The van der Waals surface area contributed by atoms with Crippen LogP contribution in [0.1, 0.15) is 24.8 Å². The molecule has 1 fully saturated rings. The maximum absolute atomic E-state index is 12.0. The highest BCUT2D eigenvalue weighted by Crippen LogP contribution is 2.20. The molecule has 1 aliphatic heterocycles. The van der Waals surface area contributed by atoms with E-state index in [2.05, 4.69) is 17.4 Å². The third-order valence-electron chi connectivity index (χ3n) is 3.64. The second-order valence-electron chi connectivity index (χ2n) is 4.88. The van der Waals surface area contributed by atoms with E-state index in [1.165, 1.54) is 25.5 Å². The zero-order chi connectivity index (χ0) is 12.8. The van der Waals surface area contributed by atoms with Gasteiger partial charge < -0.3 is 10.1 Å². The smallest absolute Gasteiger partial charge is 0.310 e. The molecule has 2 atom stereocenters. The number of nitrogens with one attached hydrogen (secondary N) is 1. The molecule has 1 aromatic rings. The van der Waals surface area contributed by atoms with Gasteiger partial charge in [0.15, 0.2) is 0 Å². The molecule has 2 rings (SSSR count). The fraction of sp³-hybridized carbons (Fsp3) is 0.533. The van der Waals surface area contributed by atoms with Gasteiger partial charge in [0, 0.05) is 6.04 Å². The molecule has 1 N–H and O–H groups in total. The first kappa shape index (κ1) is 13.1. The molecule has 0 radical (unpaired) electrons. The fourth-order valence-electron chi connectivity index (χ4n) is 2.63. The van der Waals surface area contributed by atoms with Crippen molar-refractivity contribution in [1.82, 2.24) is 5.32 Å². The quantitative estimate of drug-likeness (QED) is 0.829. The normalized spacial score (nSPS) is 21.3. The molecule has 98 valence electrons. The van der Waals surface area contributed by atoms with Crippen molar-refractivity contribution in [2.45, 2.75) is 31.7 Å². The lowest BCUT2D eigenvalue weighted by atomic mass is 9.87. The van der Waals surface area contributed by atoms with Gasteiger partial charge in [-0.25, -0.2) is 0 Å². The Bertz CT molecular complexity index is 371. The summed E-state index contributed by atoms with van der Waals surface area (Å²) in [6.07, 6.45) is 4.22. The van der Waals surface area contributed by atoms with Gasteiger partial charge in [-0.3, -0.25) is 4.79 Å². The third-order valence-corrected chi connectivity index (χ3v) is 3.64. The standard InChI is InChI=1S/C15H21NO2/c1-18-15(17)13(14-9-5-6-10-16-14)11-12-7-3-2-4-8-12/h2-4,7-8,13-14,16H,5-6,9-11H2,1H3/t13-,14+/m1/s1. The summed E-state index contributed by atoms with van der Waals surface area (Å²) < 4.78 is 4.96. The molecule has 1 aromatic carbocycles. The van der Waals surface area contributed by atoms with E-state index in [1.807, 2.05) is 18.2 Å². The highest BCUT2D eigenvalue weighted by molar-refractivity contribution is 5.73. The Morgan fingerprint density at radius 1 is 1.39 bits per heavy atom. The fourth-order valence-corrected chi connectivity index (χ4v) is 2.63. The van der Waals surface area contributed by atoms with Gasteiger partial charge in [0.2, 0.25) is 0 Å². The van der Waals surface area contributed by atoms with Crippen LogP contribution in [0.25, 0.3) is 0 Å². The van der Waals surface area contributed by atoms with Crippen molar-refractivity contribution in [2.75, 3.05) is 13.7 Å². The zero-order valence-corrected chi connectivity index (χ0v) is 10.9. The van der Waals surface area contributed by atoms with Crippen LogP contribution in [0, 0.1) is 5.92 Å². The van der Waals surface area contributed by atoms with Gasteiger partial charge in [0.05, 0.1) is 13.0 Å². The molecule has 18 heavy (non-hydrogen) atoms. The molecule has 3 nitrogen and oxygen atoms in total. The predicted octanol–water partition coefficient (Wildman–Crippen LogP) is 2.16. The molecule has 1 heterocycles. The first-order valence-electron chi connectivity index (χ1n) is 6.66. The van der Waals surface area contributed by atoms with Gasteiger partial charge in [-0.05, 0) is 31.4 Å². The third kappa shape index (κ3) is 3.33. The number of ether oxygens (including phenoxy) is 1. The van der Waals surface area contributed by atoms with Crippen LogP contribution in [-0.2, 0) is 16.0 Å². The van der Waals surface area contributed by atoms with E-state index in [9.17, 15) is 4.79 Å². The molecule has 0 aromatic heterocycles. The van der Waals surface area contributed by atoms with E-state index in [0.29, 0.717) is 0 Å². The maximum atomic E-state index is 12.0. The Kier molecular flexibility index (Phi) is 4.76. The van der Waals surface area contributed by atoms with Crippen molar-refractivity contribution in [3.63, 3.8) is 0 Å². The number of esters is 1. The molecule has 0 aliphatic carbocycles. The van der Waals surface area contributed by atoms with Crippen LogP contribution in [0.3, 0.4) is 0 Å². The summed E-state index contributed by atoms with van der Waals surface area (Å²) in [4.78, 5) is 12.0. The molecular formula is C15H21NO2. The molecule has 1 aliphatic rings. The molecule has 0 unspecified atom stereocenters. The average molecular weight is 247 g/mol. The van der Waals surface area contributed by atoms with E-state index in [1.54, 1.807) is 0 Å². The van der Waals surface area contributed by atoms with Gasteiger partial charge in [0.25, 0.3) is 0 Å². The van der Waals surface area contributed by atoms with Crippen LogP contribution in [0.2, 0.25) is 0 Å². The van der Waals surface area contributed by atoms with E-state index >= 15 is 0 Å². The monoisotopic (exact) mass is 247 g/mol. The van der Waals surface area contributed by atoms with Gasteiger partial charge in [-0.1, -0.05) is 36.8 Å². The van der Waals surface area contributed by atoms with Crippen molar-refractivity contribution in [1.29, 1.82) is 0 Å². The molecule has 0 bridgehead atoms. The highest BCUT2D eigenvalue weighted by atomic mass is 16.5. The van der Waals surface area contributed by atoms with E-state index < -0.39 is 0 Å². The molecule has 0 amide bonds. The topological polar surface area (TPSA) is 38.3 Å². The summed E-state index contributed by atoms with van der Waals surface area (Å²) in [6, 6.07) is 10.4. The predicted molar refractivity (Wildman–Crippen MR) is 71.3 cm³/mol. The number of piperidine rings is 1. The second-order valence-corrected chi connectivity index (χ2v) is 4.88. The molecule has 0 saturated carbocycles. The van der Waals surface area contributed by atoms with Crippen LogP contribution in [0.4, 0.5) is 0 Å². The number of benzene rings is 1. The summed E-state index contributed by atoms with van der Waals surface area (Å²) in [5.41, 5.74) is 1.19. The van der Waals surface area contributed by atoms with Gasteiger partial charge in [0.1, 0.15) is 0 Å². The summed E-state index contributed by atoms with van der Waals surface area (Å²) in [7, 11) is 1.48. The molecular weight excluding hydrogens is 226 g/mol. The van der Waals surface area contributed by atoms with Crippen LogP contribution in [0.5, 0.6) is 0 Å². The number of carbonyl (C=O) groups is 1. The lowest BCUT2D eigenvalue weighted by Gasteiger charge is -2.29. The number of rotatable bonds is 4. The summed E-state index contributed by atoms with van der Waals surface area (Å²) in [5.74, 6) is -0.170. The van der Waals surface area contributed by atoms with Crippen molar-refractivity contribution in [3.05, 3.63) is 35.9 Å². The lowest BCUT2D eigenvalue weighted by molar-refractivity contribution is -0.146. The minimum Gasteiger partial charge on any atom is -0.469 e. The zero-order valence-electron chi connectivity index (χ0n) is 10.9. The average Bonchev–Trinajstić information content (AvgIpc) is 2.46. The SMILES string of the molecule is COC(=O)[C@H](Cc1ccccc1)[C@@H]1CCCCN1. The van der Waals surface area contributed by atoms with Crippen molar-refractivity contribution >= 4 is 5.97 Å². The molecule has 1 saturated heterocycles. The summed E-state index contributed by atoms with van der Waals surface area (Å²) in [5, 5.41) is 3.45. The second kappa shape index (κ2) is 6.55. The number of hydrogen-bond donors (Lipinski definition) is 1. The Morgan fingerprint density at radius 3 is 2.78 bits per heavy atom. The Balaban J connectivity index is 2.07. The van der Waals surface area contributed by atoms with Crippen LogP contribution >= 0.6 is 0 Å². The lowest BCUT2D eigenvalue weighted by Crippen LogP contribution is -2.44. The van der Waals surface area contributed by atoms with E-state index in [-0.39, 0.29) is 17.9 Å². The van der Waals surface area contributed by atoms with Gasteiger partial charge in [-0.2, -0.15) is 0 Å². The van der Waals surface area contributed by atoms with Gasteiger partial charge >= 0.3 is 5.97 Å². The Labute approximate surface area is 109 Å². The molecule has 0 spiro atoms. The van der Waals surface area contributed by atoms with E-state index in [4.69, 9.17) is 4.74 Å². The first-order chi connectivity index (χ1) is 8.81. The molecule has 3 heteroatoms. The van der Waals surface area contributed by atoms with Crippen molar-refractivity contribution in [3.8, 4) is 0 Å². The number of carbonyl (C=O) groups excluding carboxylic acids is 1. The van der Waals surface area contributed by atoms with Gasteiger partial charge in [-0.15, -0.1) is 0 Å². The van der Waals surface area contributed by atoms with Crippen LogP contribution in [-0.4, -0.2) is 25.7 Å². The maximum Gasteiger partial charge on any atom is 0.310 e. The number of methoxy groups -OCH3 is 1. The summed E-state index contributed by atoms with van der Waals surface area (Å²) in [6.45, 7) is 1.01. The van der Waals surface area contributed by atoms with Crippen molar-refractivity contribution < 1.29 is 9.53 Å². The van der Waals surface area contributed by atoms with Crippen LogP contribution in [0.15, 0.2) is 30.3 Å². The Hall–Kier alpha value is -1.35. The summed E-state index contributed by atoms with van der Waals surface area (Å²) >= 11 is 0. The Morgan fingerprint density at radius 2 is 2.17 bits per heavy atom. The van der Waals surface area contributed by atoms with Crippen molar-refractivity contribution in [2.24, 2.45) is 5.92 Å².